The lowest BCUT2D eigenvalue weighted by Crippen LogP contribution is -2.32. The summed E-state index contributed by atoms with van der Waals surface area (Å²) in [6.07, 6.45) is -0.155. The van der Waals surface area contributed by atoms with E-state index >= 15 is 0 Å². The zero-order valence-electron chi connectivity index (χ0n) is 17.0. The normalized spacial score (nSPS) is 12.9. The van der Waals surface area contributed by atoms with Crippen molar-refractivity contribution in [3.63, 3.8) is 0 Å². The van der Waals surface area contributed by atoms with E-state index in [0.29, 0.717) is 33.4 Å². The minimum Gasteiger partial charge on any atom is -0.497 e. The number of nitrogens with zero attached hydrogens (tertiary/aromatic N) is 1. The van der Waals surface area contributed by atoms with Crippen molar-refractivity contribution in [2.75, 3.05) is 13.7 Å². The molecule has 0 atom stereocenters. The maximum absolute atomic E-state index is 12.5. The summed E-state index contributed by atoms with van der Waals surface area (Å²) in [7, 11) is 1.50. The van der Waals surface area contributed by atoms with E-state index in [1.54, 1.807) is 36.4 Å². The van der Waals surface area contributed by atoms with Crippen molar-refractivity contribution < 1.29 is 28.3 Å². The Morgan fingerprint density at radius 2 is 1.77 bits per heavy atom. The topological polar surface area (TPSA) is 103 Å². The largest absolute Gasteiger partial charge is 0.497 e. The number of aryl methyl sites for hydroxylation is 1. The van der Waals surface area contributed by atoms with Gasteiger partial charge in [0, 0.05) is 29.6 Å². The monoisotopic (exact) mass is 421 g/mol. The van der Waals surface area contributed by atoms with Gasteiger partial charge >= 0.3 is 11.6 Å². The average molecular weight is 421 g/mol. The summed E-state index contributed by atoms with van der Waals surface area (Å²) in [5.74, 6) is -0.908. The highest BCUT2D eigenvalue weighted by Crippen LogP contribution is 2.25. The van der Waals surface area contributed by atoms with E-state index in [1.165, 1.54) is 13.2 Å². The zero-order valence-corrected chi connectivity index (χ0v) is 17.0. The molecule has 0 saturated heterocycles. The minimum atomic E-state index is -0.595. The predicted molar refractivity (Wildman–Crippen MR) is 110 cm³/mol. The van der Waals surface area contributed by atoms with Crippen LogP contribution in [0.25, 0.3) is 11.0 Å². The number of esters is 1. The number of fused-ring (bicyclic) bond motifs is 2. The van der Waals surface area contributed by atoms with E-state index in [2.05, 4.69) is 0 Å². The predicted octanol–water partition coefficient (Wildman–Crippen LogP) is 2.84. The molecule has 0 spiro atoms. The Morgan fingerprint density at radius 1 is 1.00 bits per heavy atom. The zero-order chi connectivity index (χ0) is 22.1. The number of methoxy groups -OCH3 is 1. The number of benzene rings is 2. The van der Waals surface area contributed by atoms with E-state index in [0.717, 1.165) is 10.5 Å². The van der Waals surface area contributed by atoms with Crippen molar-refractivity contribution in [2.45, 2.75) is 20.0 Å². The maximum atomic E-state index is 12.5. The van der Waals surface area contributed by atoms with Crippen LogP contribution in [0.1, 0.15) is 38.3 Å². The number of imide groups is 1. The molecule has 0 N–H and O–H groups in total. The fraction of sp³-hybridized carbons (Fsp3) is 0.217. The smallest absolute Gasteiger partial charge is 0.336 e. The SMILES string of the molecule is COc1ccc2c(COC(=O)CCN3C(=O)c4ccc(C)cc4C3=O)cc(=O)oc2c1. The molecule has 158 valence electrons. The molecule has 0 bridgehead atoms. The molecular weight excluding hydrogens is 402 g/mol. The fourth-order valence-corrected chi connectivity index (χ4v) is 3.50. The molecule has 0 aliphatic carbocycles. The van der Waals surface area contributed by atoms with Crippen LogP contribution in [0.3, 0.4) is 0 Å². The van der Waals surface area contributed by atoms with Gasteiger partial charge in [0.2, 0.25) is 0 Å². The number of rotatable bonds is 6. The molecule has 0 radical (unpaired) electrons. The second kappa shape index (κ2) is 8.06. The molecule has 8 nitrogen and oxygen atoms in total. The molecule has 2 heterocycles. The van der Waals surface area contributed by atoms with Gasteiger partial charge in [0.1, 0.15) is 17.9 Å². The second-order valence-corrected chi connectivity index (χ2v) is 7.17. The van der Waals surface area contributed by atoms with Crippen LogP contribution in [-0.4, -0.2) is 36.3 Å². The molecule has 0 saturated carbocycles. The number of ether oxygens (including phenoxy) is 2. The van der Waals surface area contributed by atoms with Crippen LogP contribution in [0.15, 0.2) is 51.7 Å². The molecule has 8 heteroatoms. The van der Waals surface area contributed by atoms with Crippen molar-refractivity contribution >= 4 is 28.8 Å². The lowest BCUT2D eigenvalue weighted by molar-refractivity contribution is -0.145. The Labute approximate surface area is 177 Å². The summed E-state index contributed by atoms with van der Waals surface area (Å²) >= 11 is 0. The van der Waals surface area contributed by atoms with E-state index in [4.69, 9.17) is 13.9 Å². The third kappa shape index (κ3) is 3.92. The highest BCUT2D eigenvalue weighted by molar-refractivity contribution is 6.21. The lowest BCUT2D eigenvalue weighted by Gasteiger charge is -2.13. The fourth-order valence-electron chi connectivity index (χ4n) is 3.50. The van der Waals surface area contributed by atoms with E-state index < -0.39 is 23.4 Å². The van der Waals surface area contributed by atoms with Crippen molar-refractivity contribution in [1.29, 1.82) is 0 Å². The van der Waals surface area contributed by atoms with Gasteiger partial charge in [0.05, 0.1) is 24.7 Å². The van der Waals surface area contributed by atoms with Gasteiger partial charge in [-0.2, -0.15) is 0 Å². The minimum absolute atomic E-state index is 0.0842. The van der Waals surface area contributed by atoms with Crippen LogP contribution in [0.2, 0.25) is 0 Å². The maximum Gasteiger partial charge on any atom is 0.336 e. The molecule has 1 aliphatic rings. The molecule has 2 aromatic carbocycles. The molecule has 1 aliphatic heterocycles. The number of hydrogen-bond donors (Lipinski definition) is 0. The molecule has 31 heavy (non-hydrogen) atoms. The summed E-state index contributed by atoms with van der Waals surface area (Å²) in [6.45, 7) is 1.61. The Kier molecular flexibility index (Phi) is 5.29. The second-order valence-electron chi connectivity index (χ2n) is 7.17. The quantitative estimate of drug-likeness (QED) is 0.342. The standard InChI is InChI=1S/C23H19NO7/c1-13-3-5-17-18(9-13)23(28)24(22(17)27)8-7-20(25)30-12-14-10-21(26)31-19-11-15(29-2)4-6-16(14)19/h3-6,9-11H,7-8,12H2,1-2H3. The number of carbonyl (C=O) groups excluding carboxylic acids is 3. The van der Waals surface area contributed by atoms with Gasteiger partial charge in [0.15, 0.2) is 0 Å². The highest BCUT2D eigenvalue weighted by atomic mass is 16.5. The first-order valence-corrected chi connectivity index (χ1v) is 9.60. The highest BCUT2D eigenvalue weighted by Gasteiger charge is 2.35. The lowest BCUT2D eigenvalue weighted by atomic mass is 10.1. The van der Waals surface area contributed by atoms with Crippen LogP contribution in [0.5, 0.6) is 5.75 Å². The summed E-state index contributed by atoms with van der Waals surface area (Å²) in [5.41, 5.74) is 1.78. The number of amides is 2. The van der Waals surface area contributed by atoms with E-state index in [9.17, 15) is 19.2 Å². The molecule has 4 rings (SSSR count). The van der Waals surface area contributed by atoms with Crippen LogP contribution in [0, 0.1) is 6.92 Å². The van der Waals surface area contributed by atoms with Crippen molar-refractivity contribution in [1.82, 2.24) is 4.90 Å². The molecule has 2 amide bonds. The molecule has 1 aromatic heterocycles. The number of hydrogen-bond acceptors (Lipinski definition) is 7. The van der Waals surface area contributed by atoms with Gasteiger partial charge in [-0.05, 0) is 31.2 Å². The van der Waals surface area contributed by atoms with Gasteiger partial charge in [-0.1, -0.05) is 11.6 Å². The summed E-state index contributed by atoms with van der Waals surface area (Å²) in [4.78, 5) is 50.0. The summed E-state index contributed by atoms with van der Waals surface area (Å²) in [5, 5.41) is 0.615. The van der Waals surface area contributed by atoms with E-state index in [-0.39, 0.29) is 19.6 Å². The van der Waals surface area contributed by atoms with Crippen LogP contribution in [-0.2, 0) is 16.1 Å². The summed E-state index contributed by atoms with van der Waals surface area (Å²) < 4.78 is 15.6. The first-order chi connectivity index (χ1) is 14.9. The van der Waals surface area contributed by atoms with Gasteiger partial charge < -0.3 is 13.9 Å². The van der Waals surface area contributed by atoms with Crippen LogP contribution >= 0.6 is 0 Å². The Bertz CT molecular complexity index is 1270. The van der Waals surface area contributed by atoms with Crippen LogP contribution in [0.4, 0.5) is 0 Å². The summed E-state index contributed by atoms with van der Waals surface area (Å²) in [6, 6.07) is 11.3. The Morgan fingerprint density at radius 3 is 2.55 bits per heavy atom. The average Bonchev–Trinajstić information content (AvgIpc) is 2.99. The molecule has 0 unspecified atom stereocenters. The third-order valence-corrected chi connectivity index (χ3v) is 5.09. The molecule has 3 aromatic rings. The first-order valence-electron chi connectivity index (χ1n) is 9.60. The van der Waals surface area contributed by atoms with Crippen molar-refractivity contribution in [2.24, 2.45) is 0 Å². The van der Waals surface area contributed by atoms with E-state index in [1.807, 2.05) is 6.92 Å². The van der Waals surface area contributed by atoms with Gasteiger partial charge in [0.25, 0.3) is 11.8 Å². The van der Waals surface area contributed by atoms with Crippen molar-refractivity contribution in [3.8, 4) is 5.75 Å². The Balaban J connectivity index is 1.41. The van der Waals surface area contributed by atoms with Gasteiger partial charge in [-0.25, -0.2) is 4.79 Å². The molecular formula is C23H19NO7. The van der Waals surface area contributed by atoms with Crippen LogP contribution < -0.4 is 10.4 Å². The first kappa shape index (κ1) is 20.3. The van der Waals surface area contributed by atoms with Gasteiger partial charge in [-0.3, -0.25) is 19.3 Å². The number of carbonyl (C=O) groups is 3. The Hall–Kier alpha value is -3.94. The van der Waals surface area contributed by atoms with Gasteiger partial charge in [-0.15, -0.1) is 0 Å². The van der Waals surface area contributed by atoms with Crippen molar-refractivity contribution in [3.05, 3.63) is 75.1 Å². The molecule has 0 fully saturated rings. The third-order valence-electron chi connectivity index (χ3n) is 5.09.